The van der Waals surface area contributed by atoms with Crippen LogP contribution in [0.25, 0.3) is 5.65 Å². The van der Waals surface area contributed by atoms with Gasteiger partial charge in [-0.2, -0.15) is 5.10 Å². The Bertz CT molecular complexity index is 677. The quantitative estimate of drug-likeness (QED) is 0.849. The van der Waals surface area contributed by atoms with Gasteiger partial charge in [-0.25, -0.2) is 9.50 Å². The largest absolute Gasteiger partial charge is 0.522 e. The Kier molecular flexibility index (Phi) is 3.73. The van der Waals surface area contributed by atoms with Crippen LogP contribution in [0.3, 0.4) is 0 Å². The zero-order valence-electron chi connectivity index (χ0n) is 11.5. The summed E-state index contributed by atoms with van der Waals surface area (Å²) in [6.45, 7) is 0.424. The van der Waals surface area contributed by atoms with Crippen molar-refractivity contribution < 1.29 is 22.7 Å². The van der Waals surface area contributed by atoms with Gasteiger partial charge in [0.1, 0.15) is 5.56 Å². The highest BCUT2D eigenvalue weighted by molar-refractivity contribution is 5.99. The Labute approximate surface area is 123 Å². The van der Waals surface area contributed by atoms with Gasteiger partial charge in [-0.3, -0.25) is 9.53 Å². The zero-order chi connectivity index (χ0) is 15.7. The van der Waals surface area contributed by atoms with Gasteiger partial charge >= 0.3 is 6.36 Å². The molecule has 22 heavy (non-hydrogen) atoms. The molecule has 0 spiro atoms. The van der Waals surface area contributed by atoms with Gasteiger partial charge in [0, 0.05) is 25.5 Å². The van der Waals surface area contributed by atoms with Crippen molar-refractivity contribution in [2.45, 2.75) is 25.3 Å². The van der Waals surface area contributed by atoms with Gasteiger partial charge in [0.2, 0.25) is 0 Å². The Morgan fingerprint density at radius 1 is 1.32 bits per heavy atom. The molecule has 0 aliphatic carbocycles. The number of hydrogen-bond acceptors (Lipinski definition) is 4. The molecule has 6 nitrogen and oxygen atoms in total. The molecule has 0 aromatic carbocycles. The normalized spacial score (nSPS) is 17.1. The van der Waals surface area contributed by atoms with E-state index in [0.717, 1.165) is 0 Å². The van der Waals surface area contributed by atoms with E-state index < -0.39 is 12.5 Å². The summed E-state index contributed by atoms with van der Waals surface area (Å²) in [4.78, 5) is 18.0. The number of fused-ring (bicyclic) bond motifs is 1. The van der Waals surface area contributed by atoms with Crippen molar-refractivity contribution in [1.82, 2.24) is 19.5 Å². The lowest BCUT2D eigenvalue weighted by molar-refractivity contribution is -0.345. The molecule has 9 heteroatoms. The molecular weight excluding hydrogens is 301 g/mol. The summed E-state index contributed by atoms with van der Waals surface area (Å²) < 4.78 is 42.0. The van der Waals surface area contributed by atoms with Crippen LogP contribution < -0.4 is 0 Å². The summed E-state index contributed by atoms with van der Waals surface area (Å²) in [6.07, 6.45) is -0.590. The van der Waals surface area contributed by atoms with Crippen LogP contribution >= 0.6 is 0 Å². The van der Waals surface area contributed by atoms with E-state index in [1.807, 2.05) is 0 Å². The third kappa shape index (κ3) is 3.03. The fourth-order valence-electron chi connectivity index (χ4n) is 2.51. The first-order chi connectivity index (χ1) is 10.4. The molecule has 1 aliphatic heterocycles. The first kappa shape index (κ1) is 14.8. The SMILES string of the molecule is O=C(c1cnn2cccnc12)N1CCC(OC(F)(F)F)CC1. The lowest BCUT2D eigenvalue weighted by Crippen LogP contribution is -2.42. The number of halogens is 3. The van der Waals surface area contributed by atoms with E-state index in [9.17, 15) is 18.0 Å². The van der Waals surface area contributed by atoms with Gasteiger partial charge in [-0.05, 0) is 18.9 Å². The third-order valence-electron chi connectivity index (χ3n) is 3.54. The fourth-order valence-corrected chi connectivity index (χ4v) is 2.51. The number of hydrogen-bond donors (Lipinski definition) is 0. The van der Waals surface area contributed by atoms with Crippen LogP contribution in [-0.2, 0) is 4.74 Å². The van der Waals surface area contributed by atoms with E-state index in [4.69, 9.17) is 0 Å². The number of carbonyl (C=O) groups excluding carboxylic acids is 1. The standard InChI is InChI=1S/C13H13F3N4O2/c14-13(15,16)22-9-2-6-19(7-3-9)12(21)10-8-18-20-5-1-4-17-11(10)20/h1,4-5,8-9H,2-3,6-7H2. The molecule has 1 saturated heterocycles. The maximum Gasteiger partial charge on any atom is 0.522 e. The Hall–Kier alpha value is -2.16. The smallest absolute Gasteiger partial charge is 0.338 e. The maximum absolute atomic E-state index is 12.4. The monoisotopic (exact) mass is 314 g/mol. The second-order valence-corrected chi connectivity index (χ2v) is 5.00. The average Bonchev–Trinajstić information content (AvgIpc) is 2.89. The number of piperidine rings is 1. The zero-order valence-corrected chi connectivity index (χ0v) is 11.5. The molecule has 1 fully saturated rings. The molecule has 2 aromatic rings. The molecular formula is C13H13F3N4O2. The number of alkyl halides is 3. The molecule has 1 aliphatic rings. The van der Waals surface area contributed by atoms with Crippen molar-refractivity contribution >= 4 is 11.6 Å². The summed E-state index contributed by atoms with van der Waals surface area (Å²) in [7, 11) is 0. The summed E-state index contributed by atoms with van der Waals surface area (Å²) in [5.74, 6) is -0.279. The first-order valence-corrected chi connectivity index (χ1v) is 6.76. The Morgan fingerprint density at radius 3 is 2.73 bits per heavy atom. The van der Waals surface area contributed by atoms with Crippen LogP contribution in [0.15, 0.2) is 24.7 Å². The minimum Gasteiger partial charge on any atom is -0.338 e. The van der Waals surface area contributed by atoms with Crippen molar-refractivity contribution in [3.63, 3.8) is 0 Å². The summed E-state index contributed by atoms with van der Waals surface area (Å²) in [6, 6.07) is 1.69. The van der Waals surface area contributed by atoms with Crippen LogP contribution in [0.4, 0.5) is 13.2 Å². The van der Waals surface area contributed by atoms with E-state index in [0.29, 0.717) is 11.2 Å². The van der Waals surface area contributed by atoms with E-state index in [1.165, 1.54) is 15.6 Å². The molecule has 0 saturated carbocycles. The lowest BCUT2D eigenvalue weighted by atomic mass is 10.1. The Balaban J connectivity index is 1.67. The molecule has 118 valence electrons. The predicted molar refractivity (Wildman–Crippen MR) is 69.1 cm³/mol. The van der Waals surface area contributed by atoms with Gasteiger partial charge in [0.25, 0.3) is 5.91 Å². The molecule has 0 radical (unpaired) electrons. The topological polar surface area (TPSA) is 59.7 Å². The van der Waals surface area contributed by atoms with Crippen LogP contribution in [0.2, 0.25) is 0 Å². The molecule has 0 atom stereocenters. The fraction of sp³-hybridized carbons (Fsp3) is 0.462. The Morgan fingerprint density at radius 2 is 2.05 bits per heavy atom. The van der Waals surface area contributed by atoms with Crippen molar-refractivity contribution in [2.24, 2.45) is 0 Å². The second-order valence-electron chi connectivity index (χ2n) is 5.00. The highest BCUT2D eigenvalue weighted by Gasteiger charge is 2.36. The molecule has 3 rings (SSSR count). The molecule has 0 unspecified atom stereocenters. The highest BCUT2D eigenvalue weighted by Crippen LogP contribution is 2.25. The van der Waals surface area contributed by atoms with Crippen LogP contribution in [0.1, 0.15) is 23.2 Å². The summed E-state index contributed by atoms with van der Waals surface area (Å²) in [5.41, 5.74) is 0.775. The highest BCUT2D eigenvalue weighted by atomic mass is 19.4. The number of rotatable bonds is 2. The molecule has 0 bridgehead atoms. The second kappa shape index (κ2) is 5.56. The minimum absolute atomic E-state index is 0.151. The van der Waals surface area contributed by atoms with Gasteiger partial charge in [-0.15, -0.1) is 13.2 Å². The molecule has 3 heterocycles. The summed E-state index contributed by atoms with van der Waals surface area (Å²) >= 11 is 0. The average molecular weight is 314 g/mol. The van der Waals surface area contributed by atoms with Gasteiger partial charge < -0.3 is 4.90 Å². The first-order valence-electron chi connectivity index (χ1n) is 6.76. The number of likely N-dealkylation sites (tertiary alicyclic amines) is 1. The van der Waals surface area contributed by atoms with Crippen LogP contribution in [0.5, 0.6) is 0 Å². The van der Waals surface area contributed by atoms with Crippen molar-refractivity contribution in [3.8, 4) is 0 Å². The van der Waals surface area contributed by atoms with Gasteiger partial charge in [-0.1, -0.05) is 0 Å². The molecule has 2 aromatic heterocycles. The van der Waals surface area contributed by atoms with Crippen molar-refractivity contribution in [3.05, 3.63) is 30.2 Å². The minimum atomic E-state index is -4.64. The van der Waals surface area contributed by atoms with Crippen LogP contribution in [0, 0.1) is 0 Å². The molecule has 0 N–H and O–H groups in total. The van der Waals surface area contributed by atoms with Crippen molar-refractivity contribution in [2.75, 3.05) is 13.1 Å². The lowest BCUT2D eigenvalue weighted by Gasteiger charge is -2.31. The van der Waals surface area contributed by atoms with E-state index >= 15 is 0 Å². The van der Waals surface area contributed by atoms with E-state index in [2.05, 4.69) is 14.8 Å². The van der Waals surface area contributed by atoms with Crippen LogP contribution in [-0.4, -0.2) is 51.0 Å². The van der Waals surface area contributed by atoms with Gasteiger partial charge in [0.15, 0.2) is 5.65 Å². The van der Waals surface area contributed by atoms with E-state index in [-0.39, 0.29) is 31.8 Å². The third-order valence-corrected chi connectivity index (χ3v) is 3.54. The van der Waals surface area contributed by atoms with E-state index in [1.54, 1.807) is 18.5 Å². The number of carbonyl (C=O) groups is 1. The number of aromatic nitrogens is 3. The predicted octanol–water partition coefficient (Wildman–Crippen LogP) is 1.87. The molecule has 1 amide bonds. The number of nitrogens with zero attached hydrogens (tertiary/aromatic N) is 4. The number of ether oxygens (including phenoxy) is 1. The summed E-state index contributed by atoms with van der Waals surface area (Å²) in [5, 5.41) is 4.03. The number of amides is 1. The van der Waals surface area contributed by atoms with Crippen molar-refractivity contribution in [1.29, 1.82) is 0 Å². The maximum atomic E-state index is 12.4. The van der Waals surface area contributed by atoms with Gasteiger partial charge in [0.05, 0.1) is 12.3 Å².